The van der Waals surface area contributed by atoms with E-state index in [4.69, 9.17) is 0 Å². The monoisotopic (exact) mass is 386 g/mol. The third-order valence-electron chi connectivity index (χ3n) is 5.47. The lowest BCUT2D eigenvalue weighted by Gasteiger charge is -2.32. The number of aromatic nitrogens is 2. The van der Waals surface area contributed by atoms with Crippen LogP contribution in [0.15, 0.2) is 67.0 Å². The third kappa shape index (κ3) is 4.80. The second kappa shape index (κ2) is 8.86. The summed E-state index contributed by atoms with van der Waals surface area (Å²) in [5.74, 6) is 1.14. The average Bonchev–Trinajstić information content (AvgIpc) is 2.78. The summed E-state index contributed by atoms with van der Waals surface area (Å²) >= 11 is 0. The van der Waals surface area contributed by atoms with Crippen LogP contribution in [-0.4, -0.2) is 29.0 Å². The van der Waals surface area contributed by atoms with Crippen molar-refractivity contribution in [3.05, 3.63) is 78.1 Å². The smallest absolute Gasteiger partial charge is 0.223 e. The first kappa shape index (κ1) is 19.1. The van der Waals surface area contributed by atoms with Crippen LogP contribution in [0, 0.1) is 12.8 Å². The highest BCUT2D eigenvalue weighted by Crippen LogP contribution is 2.25. The maximum Gasteiger partial charge on any atom is 0.223 e. The molecule has 1 aliphatic heterocycles. The molecule has 1 N–H and O–H groups in total. The zero-order chi connectivity index (χ0) is 20.1. The van der Waals surface area contributed by atoms with Crippen molar-refractivity contribution in [1.82, 2.24) is 15.3 Å². The van der Waals surface area contributed by atoms with Crippen molar-refractivity contribution in [2.24, 2.45) is 5.92 Å². The van der Waals surface area contributed by atoms with E-state index in [0.29, 0.717) is 6.54 Å². The molecule has 1 fully saturated rings. The number of carbonyl (C=O) groups excluding carboxylic acids is 1. The van der Waals surface area contributed by atoms with Gasteiger partial charge in [0.1, 0.15) is 12.1 Å². The fourth-order valence-electron chi connectivity index (χ4n) is 3.78. The van der Waals surface area contributed by atoms with Crippen LogP contribution in [0.3, 0.4) is 0 Å². The zero-order valence-corrected chi connectivity index (χ0v) is 16.7. The van der Waals surface area contributed by atoms with Crippen molar-refractivity contribution >= 4 is 11.7 Å². The van der Waals surface area contributed by atoms with Gasteiger partial charge in [-0.05, 0) is 31.4 Å². The molecule has 0 unspecified atom stereocenters. The molecule has 1 saturated heterocycles. The van der Waals surface area contributed by atoms with Crippen LogP contribution >= 0.6 is 0 Å². The average molecular weight is 386 g/mol. The largest absolute Gasteiger partial charge is 0.356 e. The van der Waals surface area contributed by atoms with Gasteiger partial charge in [0, 0.05) is 37.2 Å². The molecular formula is C24H26N4O. The van der Waals surface area contributed by atoms with Crippen molar-refractivity contribution in [1.29, 1.82) is 0 Å². The Morgan fingerprint density at radius 1 is 1.03 bits per heavy atom. The molecule has 0 bridgehead atoms. The van der Waals surface area contributed by atoms with E-state index in [1.54, 1.807) is 6.33 Å². The molecule has 2 aromatic carbocycles. The van der Waals surface area contributed by atoms with Crippen LogP contribution in [0.1, 0.15) is 24.0 Å². The molecule has 2 heterocycles. The Morgan fingerprint density at radius 3 is 2.59 bits per heavy atom. The molecule has 1 amide bonds. The first-order valence-corrected chi connectivity index (χ1v) is 10.1. The van der Waals surface area contributed by atoms with Gasteiger partial charge < -0.3 is 10.2 Å². The summed E-state index contributed by atoms with van der Waals surface area (Å²) in [5, 5.41) is 3.08. The number of nitrogens with one attached hydrogen (secondary N) is 1. The number of hydrogen-bond donors (Lipinski definition) is 1. The molecule has 3 aromatic rings. The molecule has 148 valence electrons. The molecule has 0 saturated carbocycles. The maximum atomic E-state index is 12.5. The Hall–Kier alpha value is -3.21. The highest BCUT2D eigenvalue weighted by atomic mass is 16.1. The van der Waals surface area contributed by atoms with Gasteiger partial charge in [0.2, 0.25) is 5.91 Å². The lowest BCUT2D eigenvalue weighted by molar-refractivity contribution is -0.125. The fourth-order valence-corrected chi connectivity index (χ4v) is 3.78. The molecule has 0 aliphatic carbocycles. The number of nitrogens with zero attached hydrogens (tertiary/aromatic N) is 3. The number of hydrogen-bond acceptors (Lipinski definition) is 4. The summed E-state index contributed by atoms with van der Waals surface area (Å²) in [5.41, 5.74) is 4.37. The molecule has 5 heteroatoms. The van der Waals surface area contributed by atoms with Crippen molar-refractivity contribution in [2.45, 2.75) is 26.3 Å². The predicted octanol–water partition coefficient (Wildman–Crippen LogP) is 3.98. The molecule has 29 heavy (non-hydrogen) atoms. The summed E-state index contributed by atoms with van der Waals surface area (Å²) in [6, 6.07) is 20.4. The topological polar surface area (TPSA) is 58.1 Å². The Labute approximate surface area is 171 Å². The minimum absolute atomic E-state index is 0.0630. The molecule has 1 aromatic heterocycles. The second-order valence-corrected chi connectivity index (χ2v) is 7.60. The first-order chi connectivity index (χ1) is 14.2. The van der Waals surface area contributed by atoms with Crippen LogP contribution in [0.25, 0.3) is 11.3 Å². The molecule has 5 nitrogen and oxygen atoms in total. The highest BCUT2D eigenvalue weighted by molar-refractivity contribution is 5.79. The van der Waals surface area contributed by atoms with Crippen LogP contribution in [0.5, 0.6) is 0 Å². The van der Waals surface area contributed by atoms with Crippen molar-refractivity contribution < 1.29 is 4.79 Å². The van der Waals surface area contributed by atoms with E-state index in [2.05, 4.69) is 45.3 Å². The second-order valence-electron chi connectivity index (χ2n) is 7.60. The number of aryl methyl sites for hydroxylation is 1. The molecule has 0 spiro atoms. The van der Waals surface area contributed by atoms with Crippen LogP contribution in [0.4, 0.5) is 5.82 Å². The number of benzene rings is 2. The lowest BCUT2D eigenvalue weighted by Crippen LogP contribution is -2.40. The maximum absolute atomic E-state index is 12.5. The SMILES string of the molecule is Cc1cccc(-c2cc(N3CCC(C(=O)NCc4ccccc4)CC3)ncn2)c1. The number of carbonyl (C=O) groups is 1. The Bertz CT molecular complexity index is 965. The summed E-state index contributed by atoms with van der Waals surface area (Å²) in [6.45, 7) is 4.33. The molecular weight excluding hydrogens is 360 g/mol. The predicted molar refractivity (Wildman–Crippen MR) is 115 cm³/mol. The third-order valence-corrected chi connectivity index (χ3v) is 5.47. The van der Waals surface area contributed by atoms with E-state index >= 15 is 0 Å². The number of piperidine rings is 1. The van der Waals surface area contributed by atoms with E-state index in [1.807, 2.05) is 42.5 Å². The van der Waals surface area contributed by atoms with Gasteiger partial charge in [0.15, 0.2) is 0 Å². The number of rotatable bonds is 5. The fraction of sp³-hybridized carbons (Fsp3) is 0.292. The lowest BCUT2D eigenvalue weighted by atomic mass is 9.95. The van der Waals surface area contributed by atoms with E-state index < -0.39 is 0 Å². The summed E-state index contributed by atoms with van der Waals surface area (Å²) in [7, 11) is 0. The van der Waals surface area contributed by atoms with E-state index in [9.17, 15) is 4.79 Å². The van der Waals surface area contributed by atoms with Crippen LogP contribution < -0.4 is 10.2 Å². The van der Waals surface area contributed by atoms with Gasteiger partial charge >= 0.3 is 0 Å². The number of anilines is 1. The Balaban J connectivity index is 1.35. The molecule has 4 rings (SSSR count). The molecule has 0 radical (unpaired) electrons. The van der Waals surface area contributed by atoms with Crippen LogP contribution in [0.2, 0.25) is 0 Å². The number of amides is 1. The normalized spacial score (nSPS) is 14.6. The van der Waals surface area contributed by atoms with Gasteiger partial charge in [-0.1, -0.05) is 54.1 Å². The van der Waals surface area contributed by atoms with Crippen molar-refractivity contribution in [3.63, 3.8) is 0 Å². The first-order valence-electron chi connectivity index (χ1n) is 10.1. The summed E-state index contributed by atoms with van der Waals surface area (Å²) in [6.07, 6.45) is 3.31. The Kier molecular flexibility index (Phi) is 5.84. The summed E-state index contributed by atoms with van der Waals surface area (Å²) in [4.78, 5) is 23.7. The van der Waals surface area contributed by atoms with Gasteiger partial charge in [0.25, 0.3) is 0 Å². The van der Waals surface area contributed by atoms with Gasteiger partial charge in [-0.25, -0.2) is 9.97 Å². The van der Waals surface area contributed by atoms with Crippen molar-refractivity contribution in [2.75, 3.05) is 18.0 Å². The minimum Gasteiger partial charge on any atom is -0.356 e. The van der Waals surface area contributed by atoms with Gasteiger partial charge in [-0.3, -0.25) is 4.79 Å². The minimum atomic E-state index is 0.0630. The quantitative estimate of drug-likeness (QED) is 0.720. The van der Waals surface area contributed by atoms with Crippen LogP contribution in [-0.2, 0) is 11.3 Å². The van der Waals surface area contributed by atoms with Gasteiger partial charge in [0.05, 0.1) is 5.69 Å². The van der Waals surface area contributed by atoms with Gasteiger partial charge in [-0.2, -0.15) is 0 Å². The highest BCUT2D eigenvalue weighted by Gasteiger charge is 2.25. The summed E-state index contributed by atoms with van der Waals surface area (Å²) < 4.78 is 0. The zero-order valence-electron chi connectivity index (χ0n) is 16.7. The molecule has 1 aliphatic rings. The molecule has 0 atom stereocenters. The standard InChI is InChI=1S/C24H26N4O/c1-18-6-5-9-21(14-18)22-15-23(27-17-26-22)28-12-10-20(11-13-28)24(29)25-16-19-7-3-2-4-8-19/h2-9,14-15,17,20H,10-13,16H2,1H3,(H,25,29). The Morgan fingerprint density at radius 2 is 1.83 bits per heavy atom. The van der Waals surface area contributed by atoms with E-state index in [1.165, 1.54) is 5.56 Å². The van der Waals surface area contributed by atoms with E-state index in [-0.39, 0.29) is 11.8 Å². The van der Waals surface area contributed by atoms with E-state index in [0.717, 1.165) is 48.6 Å². The van der Waals surface area contributed by atoms with Crippen molar-refractivity contribution in [3.8, 4) is 11.3 Å². The van der Waals surface area contributed by atoms with Gasteiger partial charge in [-0.15, -0.1) is 0 Å².